The van der Waals surface area contributed by atoms with Crippen LogP contribution in [0.4, 0.5) is 0 Å². The molecule has 0 amide bonds. The van der Waals surface area contributed by atoms with Gasteiger partial charge < -0.3 is 9.29 Å². The summed E-state index contributed by atoms with van der Waals surface area (Å²) in [6.07, 6.45) is 0. The molecule has 20 heavy (non-hydrogen) atoms. The molecule has 0 aromatic heterocycles. The first-order valence-electron chi connectivity index (χ1n) is 5.00. The van der Waals surface area contributed by atoms with Crippen molar-refractivity contribution >= 4 is 25.9 Å². The van der Waals surface area contributed by atoms with E-state index in [2.05, 4.69) is 4.74 Å². The second kappa shape index (κ2) is 7.53. The molecule has 0 saturated heterocycles. The smallest absolute Gasteiger partial charge is 0.748 e. The van der Waals surface area contributed by atoms with Gasteiger partial charge in [0.05, 0.1) is 39.2 Å². The molecule has 106 valence electrons. The van der Waals surface area contributed by atoms with Crippen LogP contribution in [0.1, 0.15) is 10.4 Å². The molecule has 0 heterocycles. The Morgan fingerprint density at radius 1 is 1.10 bits per heavy atom. The number of esters is 1. The van der Waals surface area contributed by atoms with Gasteiger partial charge in [0.25, 0.3) is 0 Å². The van der Waals surface area contributed by atoms with Crippen LogP contribution in [0.2, 0.25) is 0 Å². The molecule has 1 aromatic rings. The number of methoxy groups -OCH3 is 1. The molecule has 10 heteroatoms. The Morgan fingerprint density at radius 2 is 1.60 bits per heavy atom. The number of carbonyl (C=O) groups excluding carboxylic acids is 1. The van der Waals surface area contributed by atoms with Gasteiger partial charge in [-0.05, 0) is 24.3 Å². The van der Waals surface area contributed by atoms with Crippen LogP contribution in [0.3, 0.4) is 0 Å². The molecular formula is C10H11NaO7S2. The van der Waals surface area contributed by atoms with Crippen molar-refractivity contribution in [3.63, 3.8) is 0 Å². The Bertz CT molecular complexity index is 662. The zero-order valence-electron chi connectivity index (χ0n) is 10.9. The van der Waals surface area contributed by atoms with E-state index < -0.39 is 37.4 Å². The monoisotopic (exact) mass is 330 g/mol. The fourth-order valence-corrected chi connectivity index (χ4v) is 3.73. The van der Waals surface area contributed by atoms with Crippen LogP contribution in [0.15, 0.2) is 29.2 Å². The van der Waals surface area contributed by atoms with E-state index in [0.29, 0.717) is 0 Å². The van der Waals surface area contributed by atoms with Gasteiger partial charge in [0.15, 0.2) is 9.84 Å². The van der Waals surface area contributed by atoms with Gasteiger partial charge in [-0.2, -0.15) is 0 Å². The largest absolute Gasteiger partial charge is 1.00 e. The standard InChI is InChI=1S/C10H12O7S2.Na/c1-17-10(11)8-2-4-9(5-3-8)18(12,13)6-7-19(14,15)16;/h2-5H,6-7H2,1H3,(H,14,15,16);/q;+1/p-1. The summed E-state index contributed by atoms with van der Waals surface area (Å²) in [5.41, 5.74) is 0.165. The third-order valence-corrected chi connectivity index (χ3v) is 4.93. The van der Waals surface area contributed by atoms with E-state index in [9.17, 15) is 26.2 Å². The zero-order valence-corrected chi connectivity index (χ0v) is 14.5. The maximum atomic E-state index is 11.7. The van der Waals surface area contributed by atoms with Crippen LogP contribution in [0, 0.1) is 0 Å². The molecule has 0 N–H and O–H groups in total. The summed E-state index contributed by atoms with van der Waals surface area (Å²) in [6, 6.07) is 4.78. The van der Waals surface area contributed by atoms with Crippen LogP contribution in [0.25, 0.3) is 0 Å². The maximum Gasteiger partial charge on any atom is 1.00 e. The predicted octanol–water partition coefficient (Wildman–Crippen LogP) is -3.20. The van der Waals surface area contributed by atoms with Crippen molar-refractivity contribution in [1.82, 2.24) is 0 Å². The van der Waals surface area contributed by atoms with E-state index >= 15 is 0 Å². The number of sulfone groups is 1. The molecule has 7 nitrogen and oxygen atoms in total. The predicted molar refractivity (Wildman–Crippen MR) is 64.4 cm³/mol. The molecule has 0 unspecified atom stereocenters. The van der Waals surface area contributed by atoms with E-state index in [4.69, 9.17) is 0 Å². The van der Waals surface area contributed by atoms with Crippen molar-refractivity contribution in [2.24, 2.45) is 0 Å². The number of hydrogen-bond acceptors (Lipinski definition) is 7. The third-order valence-electron chi connectivity index (χ3n) is 2.24. The van der Waals surface area contributed by atoms with Crippen molar-refractivity contribution in [1.29, 1.82) is 0 Å². The van der Waals surface area contributed by atoms with Gasteiger partial charge in [-0.25, -0.2) is 21.6 Å². The Kier molecular flexibility index (Phi) is 7.36. The van der Waals surface area contributed by atoms with Crippen molar-refractivity contribution in [3.8, 4) is 0 Å². The number of hydrogen-bond donors (Lipinski definition) is 0. The fraction of sp³-hybridized carbons (Fsp3) is 0.300. The summed E-state index contributed by atoms with van der Waals surface area (Å²) in [6.45, 7) is 0. The van der Waals surface area contributed by atoms with Gasteiger partial charge in [-0.3, -0.25) is 0 Å². The molecule has 0 fully saturated rings. The topological polar surface area (TPSA) is 118 Å². The normalized spacial score (nSPS) is 11.5. The van der Waals surface area contributed by atoms with Gasteiger partial charge in [0.2, 0.25) is 0 Å². The number of benzene rings is 1. The van der Waals surface area contributed by atoms with Crippen LogP contribution in [0.5, 0.6) is 0 Å². The molecule has 1 aromatic carbocycles. The van der Waals surface area contributed by atoms with Crippen LogP contribution in [-0.2, 0) is 24.7 Å². The van der Waals surface area contributed by atoms with Crippen LogP contribution in [-0.4, -0.2) is 46.0 Å². The minimum absolute atomic E-state index is 0. The Labute approximate surface area is 139 Å². The van der Waals surface area contributed by atoms with Crippen molar-refractivity contribution in [2.45, 2.75) is 4.90 Å². The molecule has 0 saturated carbocycles. The summed E-state index contributed by atoms with van der Waals surface area (Å²) in [5, 5.41) is 0. The molecular weight excluding hydrogens is 319 g/mol. The average molecular weight is 330 g/mol. The summed E-state index contributed by atoms with van der Waals surface area (Å²) in [5.74, 6) is -2.41. The Morgan fingerprint density at radius 3 is 2.00 bits per heavy atom. The second-order valence-electron chi connectivity index (χ2n) is 3.60. The number of ether oxygens (including phenoxy) is 1. The molecule has 0 atom stereocenters. The quantitative estimate of drug-likeness (QED) is 0.317. The number of rotatable bonds is 5. The van der Waals surface area contributed by atoms with E-state index in [0.717, 1.165) is 12.1 Å². The van der Waals surface area contributed by atoms with Crippen molar-refractivity contribution in [2.75, 3.05) is 18.6 Å². The van der Waals surface area contributed by atoms with E-state index in [1.165, 1.54) is 19.2 Å². The van der Waals surface area contributed by atoms with Gasteiger partial charge in [0, 0.05) is 0 Å². The number of carbonyl (C=O) groups is 1. The summed E-state index contributed by atoms with van der Waals surface area (Å²) < 4.78 is 59.1. The minimum atomic E-state index is -4.59. The molecule has 0 radical (unpaired) electrons. The first kappa shape index (κ1) is 19.6. The molecule has 0 bridgehead atoms. The first-order chi connectivity index (χ1) is 8.65. The minimum Gasteiger partial charge on any atom is -0.748 e. The molecule has 0 aliphatic carbocycles. The summed E-state index contributed by atoms with van der Waals surface area (Å²) >= 11 is 0. The average Bonchev–Trinajstić information content (AvgIpc) is 2.35. The van der Waals surface area contributed by atoms with Gasteiger partial charge in [-0.1, -0.05) is 0 Å². The van der Waals surface area contributed by atoms with Crippen LogP contribution < -0.4 is 29.6 Å². The molecule has 0 spiro atoms. The molecule has 0 aliphatic rings. The Hall–Kier alpha value is -0.450. The van der Waals surface area contributed by atoms with Crippen molar-refractivity contribution in [3.05, 3.63) is 29.8 Å². The Balaban J connectivity index is 0.00000361. The van der Waals surface area contributed by atoms with Gasteiger partial charge >= 0.3 is 35.5 Å². The first-order valence-corrected chi connectivity index (χ1v) is 8.23. The maximum absolute atomic E-state index is 11.7. The van der Waals surface area contributed by atoms with E-state index in [1.54, 1.807) is 0 Å². The summed E-state index contributed by atoms with van der Waals surface area (Å²) in [4.78, 5) is 11.0. The van der Waals surface area contributed by atoms with E-state index in [-0.39, 0.29) is 40.0 Å². The van der Waals surface area contributed by atoms with Gasteiger partial charge in [0.1, 0.15) is 0 Å². The molecule has 0 aliphatic heterocycles. The van der Waals surface area contributed by atoms with E-state index in [1.807, 2.05) is 0 Å². The van der Waals surface area contributed by atoms with Crippen LogP contribution >= 0.6 is 0 Å². The van der Waals surface area contributed by atoms with Gasteiger partial charge in [-0.15, -0.1) is 0 Å². The van der Waals surface area contributed by atoms with Crippen molar-refractivity contribution < 1.29 is 60.5 Å². The SMILES string of the molecule is COC(=O)c1ccc(S(=O)(=O)CCS(=O)(=O)[O-])cc1.[Na+]. The second-order valence-corrected chi connectivity index (χ2v) is 7.23. The fourth-order valence-electron chi connectivity index (χ4n) is 1.25. The molecule has 1 rings (SSSR count). The third kappa shape index (κ3) is 5.90. The zero-order chi connectivity index (χ0) is 14.7. The summed E-state index contributed by atoms with van der Waals surface area (Å²) in [7, 11) is -7.28.